The summed E-state index contributed by atoms with van der Waals surface area (Å²) in [6, 6.07) is 6.19. The molecule has 2 aromatic rings. The largest absolute Gasteiger partial charge is 0.272 e. The summed E-state index contributed by atoms with van der Waals surface area (Å²) in [4.78, 5) is 0. The van der Waals surface area contributed by atoms with Crippen molar-refractivity contribution in [3.8, 4) is 0 Å². The molecule has 2 rings (SSSR count). The van der Waals surface area contributed by atoms with Crippen LogP contribution in [0.15, 0.2) is 35.1 Å². The first-order valence-electron chi connectivity index (χ1n) is 6.40. The Kier molecular flexibility index (Phi) is 4.74. The number of aryl methyl sites for hydroxylation is 2. The lowest BCUT2D eigenvalue weighted by atomic mass is 10.0. The maximum absolute atomic E-state index is 5.73. The predicted molar refractivity (Wildman–Crippen MR) is 80.6 cm³/mol. The molecule has 19 heavy (non-hydrogen) atoms. The van der Waals surface area contributed by atoms with Gasteiger partial charge in [0.05, 0.1) is 12.2 Å². The molecule has 0 bridgehead atoms. The minimum Gasteiger partial charge on any atom is -0.272 e. The second-order valence-corrected chi connectivity index (χ2v) is 5.52. The molecule has 0 saturated heterocycles. The van der Waals surface area contributed by atoms with E-state index in [9.17, 15) is 0 Å². The summed E-state index contributed by atoms with van der Waals surface area (Å²) in [5.41, 5.74) is 6.28. The summed E-state index contributed by atoms with van der Waals surface area (Å²) >= 11 is 3.58. The lowest BCUT2D eigenvalue weighted by molar-refractivity contribution is 0.597. The van der Waals surface area contributed by atoms with Crippen LogP contribution in [0.25, 0.3) is 0 Å². The molecule has 1 atom stereocenters. The fraction of sp³-hybridized carbons (Fsp3) is 0.357. The van der Waals surface area contributed by atoms with Gasteiger partial charge >= 0.3 is 0 Å². The van der Waals surface area contributed by atoms with Crippen LogP contribution in [0.2, 0.25) is 0 Å². The fourth-order valence-electron chi connectivity index (χ4n) is 2.13. The molecule has 102 valence electrons. The van der Waals surface area contributed by atoms with Crippen LogP contribution in [-0.2, 0) is 6.54 Å². The van der Waals surface area contributed by atoms with E-state index in [1.54, 1.807) is 0 Å². The maximum Gasteiger partial charge on any atom is 0.0751 e. The van der Waals surface area contributed by atoms with E-state index < -0.39 is 0 Å². The number of rotatable bonds is 5. The summed E-state index contributed by atoms with van der Waals surface area (Å²) in [5, 5.41) is 4.36. The van der Waals surface area contributed by atoms with Crippen LogP contribution in [0.3, 0.4) is 0 Å². The van der Waals surface area contributed by atoms with E-state index in [0.29, 0.717) is 0 Å². The van der Waals surface area contributed by atoms with Crippen LogP contribution in [0, 0.1) is 6.92 Å². The zero-order valence-electron chi connectivity index (χ0n) is 11.2. The number of hydrazine groups is 1. The van der Waals surface area contributed by atoms with Crippen molar-refractivity contribution in [3.63, 3.8) is 0 Å². The number of hydrogen-bond donors (Lipinski definition) is 2. The number of aromatic nitrogens is 2. The third-order valence-electron chi connectivity index (χ3n) is 3.07. The molecular weight excluding hydrogens is 304 g/mol. The summed E-state index contributed by atoms with van der Waals surface area (Å²) < 4.78 is 2.99. The molecule has 0 aliphatic rings. The normalized spacial score (nSPS) is 12.6. The molecule has 3 N–H and O–H groups in total. The average Bonchev–Trinajstić information content (AvgIpc) is 2.83. The van der Waals surface area contributed by atoms with E-state index in [4.69, 9.17) is 5.84 Å². The predicted octanol–water partition coefficient (Wildman–Crippen LogP) is 2.92. The molecule has 4 nitrogen and oxygen atoms in total. The minimum absolute atomic E-state index is 0.0557. The van der Waals surface area contributed by atoms with Gasteiger partial charge in [0, 0.05) is 22.8 Å². The molecule has 0 aliphatic carbocycles. The van der Waals surface area contributed by atoms with E-state index in [-0.39, 0.29) is 6.04 Å². The van der Waals surface area contributed by atoms with Crippen molar-refractivity contribution < 1.29 is 0 Å². The van der Waals surface area contributed by atoms with Gasteiger partial charge in [0.25, 0.3) is 0 Å². The van der Waals surface area contributed by atoms with Gasteiger partial charge < -0.3 is 0 Å². The third kappa shape index (κ3) is 3.23. The standard InChI is InChI=1S/C14H19BrN4/c1-3-6-19-9-11(8-17-19)14(18-16)12-7-10(2)4-5-13(12)15/h4-5,7-9,14,18H,3,6,16H2,1-2H3. The lowest BCUT2D eigenvalue weighted by Crippen LogP contribution is -2.29. The molecule has 5 heteroatoms. The number of nitrogens with two attached hydrogens (primary N) is 1. The molecule has 0 amide bonds. The number of nitrogens with one attached hydrogen (secondary N) is 1. The first-order chi connectivity index (χ1) is 9.15. The Hall–Kier alpha value is -1.17. The van der Waals surface area contributed by atoms with Crippen molar-refractivity contribution in [2.75, 3.05) is 0 Å². The Balaban J connectivity index is 2.35. The first kappa shape index (κ1) is 14.2. The fourth-order valence-corrected chi connectivity index (χ4v) is 2.61. The zero-order valence-corrected chi connectivity index (χ0v) is 12.8. The highest BCUT2D eigenvalue weighted by atomic mass is 79.9. The SMILES string of the molecule is CCCn1cc(C(NN)c2cc(C)ccc2Br)cn1. The number of halogens is 1. The van der Waals surface area contributed by atoms with Crippen molar-refractivity contribution in [1.82, 2.24) is 15.2 Å². The highest BCUT2D eigenvalue weighted by Crippen LogP contribution is 2.28. The second-order valence-electron chi connectivity index (χ2n) is 4.66. The molecule has 1 heterocycles. The van der Waals surface area contributed by atoms with Crippen molar-refractivity contribution in [1.29, 1.82) is 0 Å². The molecule has 0 radical (unpaired) electrons. The summed E-state index contributed by atoms with van der Waals surface area (Å²) in [6.07, 6.45) is 4.98. The van der Waals surface area contributed by atoms with E-state index in [2.05, 4.69) is 52.4 Å². The summed E-state index contributed by atoms with van der Waals surface area (Å²) in [7, 11) is 0. The molecule has 1 aromatic heterocycles. The van der Waals surface area contributed by atoms with Gasteiger partial charge in [-0.3, -0.25) is 10.5 Å². The Morgan fingerprint density at radius 3 is 2.95 bits per heavy atom. The number of nitrogens with zero attached hydrogens (tertiary/aromatic N) is 2. The van der Waals surface area contributed by atoms with Gasteiger partial charge in [-0.2, -0.15) is 5.10 Å². The average molecular weight is 323 g/mol. The van der Waals surface area contributed by atoms with Gasteiger partial charge in [-0.1, -0.05) is 40.5 Å². The van der Waals surface area contributed by atoms with Crippen molar-refractivity contribution in [3.05, 3.63) is 51.8 Å². The molecular formula is C14H19BrN4. The van der Waals surface area contributed by atoms with E-state index >= 15 is 0 Å². The lowest BCUT2D eigenvalue weighted by Gasteiger charge is -2.17. The number of hydrogen-bond acceptors (Lipinski definition) is 3. The topological polar surface area (TPSA) is 55.9 Å². The smallest absolute Gasteiger partial charge is 0.0751 e. The van der Waals surface area contributed by atoms with Gasteiger partial charge in [-0.05, 0) is 25.0 Å². The van der Waals surface area contributed by atoms with Crippen LogP contribution in [0.4, 0.5) is 0 Å². The van der Waals surface area contributed by atoms with Crippen molar-refractivity contribution in [2.24, 2.45) is 5.84 Å². The van der Waals surface area contributed by atoms with Gasteiger partial charge in [-0.25, -0.2) is 5.43 Å². The quantitative estimate of drug-likeness (QED) is 0.657. The Morgan fingerprint density at radius 1 is 1.47 bits per heavy atom. The van der Waals surface area contributed by atoms with E-state index in [0.717, 1.165) is 28.6 Å². The first-order valence-corrected chi connectivity index (χ1v) is 7.19. The molecule has 0 saturated carbocycles. The zero-order chi connectivity index (χ0) is 13.8. The summed E-state index contributed by atoms with van der Waals surface area (Å²) in [5.74, 6) is 5.73. The van der Waals surface area contributed by atoms with Gasteiger partial charge in [-0.15, -0.1) is 0 Å². The van der Waals surface area contributed by atoms with Gasteiger partial charge in [0.2, 0.25) is 0 Å². The van der Waals surface area contributed by atoms with Crippen molar-refractivity contribution in [2.45, 2.75) is 32.9 Å². The molecule has 0 fully saturated rings. The summed E-state index contributed by atoms with van der Waals surface area (Å²) in [6.45, 7) is 5.13. The Morgan fingerprint density at radius 2 is 2.26 bits per heavy atom. The molecule has 0 aliphatic heterocycles. The van der Waals surface area contributed by atoms with Crippen LogP contribution in [0.1, 0.15) is 36.1 Å². The second kappa shape index (κ2) is 6.32. The molecule has 0 spiro atoms. The minimum atomic E-state index is -0.0557. The third-order valence-corrected chi connectivity index (χ3v) is 3.79. The molecule has 1 unspecified atom stereocenters. The van der Waals surface area contributed by atoms with Crippen LogP contribution in [-0.4, -0.2) is 9.78 Å². The number of benzene rings is 1. The van der Waals surface area contributed by atoms with Crippen LogP contribution in [0.5, 0.6) is 0 Å². The Bertz CT molecular complexity index is 550. The van der Waals surface area contributed by atoms with Crippen molar-refractivity contribution >= 4 is 15.9 Å². The van der Waals surface area contributed by atoms with Gasteiger partial charge in [0.1, 0.15) is 0 Å². The Labute approximate surface area is 122 Å². The van der Waals surface area contributed by atoms with E-state index in [1.165, 1.54) is 5.56 Å². The van der Waals surface area contributed by atoms with Crippen LogP contribution >= 0.6 is 15.9 Å². The van der Waals surface area contributed by atoms with Gasteiger partial charge in [0.15, 0.2) is 0 Å². The van der Waals surface area contributed by atoms with Crippen LogP contribution < -0.4 is 11.3 Å². The maximum atomic E-state index is 5.73. The monoisotopic (exact) mass is 322 g/mol. The highest BCUT2D eigenvalue weighted by molar-refractivity contribution is 9.10. The molecule has 1 aromatic carbocycles. The highest BCUT2D eigenvalue weighted by Gasteiger charge is 2.17. The van der Waals surface area contributed by atoms with E-state index in [1.807, 2.05) is 23.1 Å².